The molecular weight excluding hydrogens is 322 g/mol. The van der Waals surface area contributed by atoms with E-state index in [9.17, 15) is 14.4 Å². The van der Waals surface area contributed by atoms with Crippen LogP contribution in [0.4, 0.5) is 4.79 Å². The average molecular weight is 341 g/mol. The number of nitrogens with one attached hydrogen (secondary N) is 3. The van der Waals surface area contributed by atoms with Crippen LogP contribution < -0.4 is 20.7 Å². The second kappa shape index (κ2) is 9.07. The van der Waals surface area contributed by atoms with Gasteiger partial charge >= 0.3 is 6.03 Å². The summed E-state index contributed by atoms with van der Waals surface area (Å²) < 4.78 is 5.36. The van der Waals surface area contributed by atoms with Gasteiger partial charge in [0.1, 0.15) is 5.75 Å². The maximum atomic E-state index is 12.4. The first-order valence-corrected chi connectivity index (χ1v) is 7.65. The maximum Gasteiger partial charge on any atom is 0.321 e. The van der Waals surface area contributed by atoms with Crippen LogP contribution in [0.15, 0.2) is 54.6 Å². The highest BCUT2D eigenvalue weighted by Gasteiger charge is 2.14. The van der Waals surface area contributed by atoms with Crippen molar-refractivity contribution in [3.05, 3.63) is 65.7 Å². The van der Waals surface area contributed by atoms with Crippen molar-refractivity contribution in [1.82, 2.24) is 16.0 Å². The Morgan fingerprint density at radius 2 is 1.64 bits per heavy atom. The van der Waals surface area contributed by atoms with Crippen molar-refractivity contribution in [3.8, 4) is 5.75 Å². The van der Waals surface area contributed by atoms with Crippen LogP contribution in [0.5, 0.6) is 5.75 Å². The molecule has 0 aliphatic rings. The summed E-state index contributed by atoms with van der Waals surface area (Å²) in [5.74, 6) is -0.662. The maximum absolute atomic E-state index is 12.4. The molecule has 0 heterocycles. The van der Waals surface area contributed by atoms with Crippen LogP contribution in [-0.4, -0.2) is 31.5 Å². The summed E-state index contributed by atoms with van der Waals surface area (Å²) in [7, 11) is 1.40. The van der Waals surface area contributed by atoms with Gasteiger partial charge in [-0.1, -0.05) is 42.5 Å². The molecule has 25 heavy (non-hydrogen) atoms. The number of urea groups is 1. The zero-order valence-electron chi connectivity index (χ0n) is 13.7. The zero-order chi connectivity index (χ0) is 18.1. The van der Waals surface area contributed by atoms with Crippen LogP contribution in [0.3, 0.4) is 0 Å². The third-order valence-electron chi connectivity index (χ3n) is 3.27. The molecule has 7 nitrogen and oxygen atoms in total. The molecule has 0 bridgehead atoms. The number of hydrogen-bond acceptors (Lipinski definition) is 4. The summed E-state index contributed by atoms with van der Waals surface area (Å²) in [4.78, 5) is 35.0. The molecule has 0 radical (unpaired) electrons. The predicted molar refractivity (Wildman–Crippen MR) is 92.1 cm³/mol. The fourth-order valence-electron chi connectivity index (χ4n) is 2.02. The fourth-order valence-corrected chi connectivity index (χ4v) is 2.02. The molecule has 3 N–H and O–H groups in total. The van der Waals surface area contributed by atoms with Crippen LogP contribution in [0.1, 0.15) is 15.9 Å². The molecule has 2 aromatic carbocycles. The first-order valence-electron chi connectivity index (χ1n) is 7.65. The summed E-state index contributed by atoms with van der Waals surface area (Å²) in [5, 5.41) is 7.15. The predicted octanol–water partition coefficient (Wildman–Crippen LogP) is 1.45. The van der Waals surface area contributed by atoms with E-state index in [2.05, 4.69) is 16.0 Å². The Hall–Kier alpha value is -3.35. The smallest absolute Gasteiger partial charge is 0.321 e. The van der Waals surface area contributed by atoms with E-state index < -0.39 is 11.9 Å². The van der Waals surface area contributed by atoms with Crippen LogP contribution in [0.2, 0.25) is 0 Å². The number of carbonyl (C=O) groups is 3. The molecule has 0 atom stereocenters. The van der Waals surface area contributed by atoms with Crippen LogP contribution in [0, 0.1) is 0 Å². The van der Waals surface area contributed by atoms with Gasteiger partial charge in [-0.25, -0.2) is 4.79 Å². The molecule has 0 fully saturated rings. The number of para-hydroxylation sites is 1. The normalized spacial score (nSPS) is 9.80. The number of ether oxygens (including phenoxy) is 1. The van der Waals surface area contributed by atoms with E-state index in [-0.39, 0.29) is 18.3 Å². The van der Waals surface area contributed by atoms with E-state index in [0.717, 1.165) is 5.56 Å². The van der Waals surface area contributed by atoms with Gasteiger partial charge in [-0.05, 0) is 17.7 Å². The Labute approximate surface area is 145 Å². The molecule has 0 saturated heterocycles. The lowest BCUT2D eigenvalue weighted by Gasteiger charge is -2.11. The number of carbonyl (C=O) groups excluding carboxylic acids is 3. The highest BCUT2D eigenvalue weighted by molar-refractivity contribution is 5.97. The molecule has 0 aliphatic carbocycles. The molecule has 130 valence electrons. The van der Waals surface area contributed by atoms with Gasteiger partial charge in [0, 0.05) is 13.6 Å². The number of hydrogen-bond donors (Lipinski definition) is 3. The number of benzene rings is 2. The summed E-state index contributed by atoms with van der Waals surface area (Å²) in [6.45, 7) is 0.00155. The molecule has 0 aromatic heterocycles. The van der Waals surface area contributed by atoms with E-state index in [1.165, 1.54) is 7.05 Å². The largest absolute Gasteiger partial charge is 0.483 e. The van der Waals surface area contributed by atoms with E-state index in [0.29, 0.717) is 12.1 Å². The standard InChI is InChI=1S/C18H19N3O4/c1-19-18(24)21-16(22)12-25-15-10-6-5-9-14(15)17(23)20-11-13-7-3-2-4-8-13/h2-10H,11-12H2,1H3,(H,20,23)(H2,19,21,22,24). The van der Waals surface area contributed by atoms with Gasteiger partial charge in [0.2, 0.25) is 0 Å². The van der Waals surface area contributed by atoms with Crippen molar-refractivity contribution in [3.63, 3.8) is 0 Å². The summed E-state index contributed by atoms with van der Waals surface area (Å²) in [6, 6.07) is 15.5. The van der Waals surface area contributed by atoms with Gasteiger partial charge in [-0.15, -0.1) is 0 Å². The Morgan fingerprint density at radius 3 is 2.36 bits per heavy atom. The van der Waals surface area contributed by atoms with Crippen molar-refractivity contribution in [2.24, 2.45) is 0 Å². The van der Waals surface area contributed by atoms with E-state index in [4.69, 9.17) is 4.74 Å². The quantitative estimate of drug-likeness (QED) is 0.741. The zero-order valence-corrected chi connectivity index (χ0v) is 13.7. The summed E-state index contributed by atoms with van der Waals surface area (Å²) in [6.07, 6.45) is 0. The number of rotatable bonds is 6. The third-order valence-corrected chi connectivity index (χ3v) is 3.27. The van der Waals surface area contributed by atoms with Gasteiger partial charge in [-0.2, -0.15) is 0 Å². The first kappa shape index (κ1) is 18.0. The lowest BCUT2D eigenvalue weighted by atomic mass is 10.1. The van der Waals surface area contributed by atoms with Crippen molar-refractivity contribution < 1.29 is 19.1 Å². The Morgan fingerprint density at radius 1 is 0.960 bits per heavy atom. The van der Waals surface area contributed by atoms with Crippen LogP contribution >= 0.6 is 0 Å². The Balaban J connectivity index is 1.96. The lowest BCUT2D eigenvalue weighted by Crippen LogP contribution is -2.40. The fraction of sp³-hybridized carbons (Fsp3) is 0.167. The Bertz CT molecular complexity index is 747. The number of amides is 4. The highest BCUT2D eigenvalue weighted by Crippen LogP contribution is 2.17. The summed E-state index contributed by atoms with van der Waals surface area (Å²) in [5.41, 5.74) is 1.28. The van der Waals surface area contributed by atoms with Crippen molar-refractivity contribution >= 4 is 17.8 Å². The van der Waals surface area contributed by atoms with Gasteiger partial charge < -0.3 is 15.4 Å². The lowest BCUT2D eigenvalue weighted by molar-refractivity contribution is -0.122. The molecule has 0 aliphatic heterocycles. The SMILES string of the molecule is CNC(=O)NC(=O)COc1ccccc1C(=O)NCc1ccccc1. The average Bonchev–Trinajstić information content (AvgIpc) is 2.65. The van der Waals surface area contributed by atoms with Crippen molar-refractivity contribution in [2.45, 2.75) is 6.54 Å². The minimum Gasteiger partial charge on any atom is -0.483 e. The minimum atomic E-state index is -0.623. The molecule has 4 amide bonds. The van der Waals surface area contributed by atoms with Gasteiger partial charge in [0.15, 0.2) is 6.61 Å². The van der Waals surface area contributed by atoms with E-state index >= 15 is 0 Å². The van der Waals surface area contributed by atoms with Gasteiger partial charge in [0.25, 0.3) is 11.8 Å². The molecule has 0 saturated carbocycles. The second-order valence-electron chi connectivity index (χ2n) is 5.08. The molecular formula is C18H19N3O4. The topological polar surface area (TPSA) is 96.5 Å². The summed E-state index contributed by atoms with van der Waals surface area (Å²) >= 11 is 0. The monoisotopic (exact) mass is 341 g/mol. The van der Waals surface area contributed by atoms with E-state index in [1.54, 1.807) is 24.3 Å². The third kappa shape index (κ3) is 5.65. The van der Waals surface area contributed by atoms with Crippen molar-refractivity contribution in [1.29, 1.82) is 0 Å². The first-order chi connectivity index (χ1) is 12.1. The van der Waals surface area contributed by atoms with Crippen molar-refractivity contribution in [2.75, 3.05) is 13.7 Å². The van der Waals surface area contributed by atoms with Gasteiger partial charge in [0.05, 0.1) is 5.56 Å². The molecule has 2 aromatic rings. The van der Waals surface area contributed by atoms with Crippen LogP contribution in [0.25, 0.3) is 0 Å². The van der Waals surface area contributed by atoms with Crippen LogP contribution in [-0.2, 0) is 11.3 Å². The molecule has 0 spiro atoms. The minimum absolute atomic E-state index is 0.264. The Kier molecular flexibility index (Phi) is 6.53. The molecule has 0 unspecified atom stereocenters. The van der Waals surface area contributed by atoms with E-state index in [1.807, 2.05) is 30.3 Å². The molecule has 2 rings (SSSR count). The van der Waals surface area contributed by atoms with Gasteiger partial charge in [-0.3, -0.25) is 14.9 Å². The second-order valence-corrected chi connectivity index (χ2v) is 5.08. The highest BCUT2D eigenvalue weighted by atomic mass is 16.5. The number of imide groups is 1. The molecule has 7 heteroatoms.